The molecule has 1 aliphatic heterocycles. The van der Waals surface area contributed by atoms with Crippen LogP contribution in [0.4, 0.5) is 0 Å². The van der Waals surface area contributed by atoms with E-state index in [-0.39, 0.29) is 24.4 Å². The van der Waals surface area contributed by atoms with E-state index in [2.05, 4.69) is 5.32 Å². The van der Waals surface area contributed by atoms with Crippen molar-refractivity contribution in [1.29, 1.82) is 0 Å². The minimum absolute atomic E-state index is 0.0130. The van der Waals surface area contributed by atoms with Gasteiger partial charge in [0.05, 0.1) is 5.92 Å². The summed E-state index contributed by atoms with van der Waals surface area (Å²) in [6.45, 7) is 6.77. The molecule has 1 fully saturated rings. The molecule has 1 unspecified atom stereocenters. The summed E-state index contributed by atoms with van der Waals surface area (Å²) >= 11 is 1.29. The number of nitrogens with zero attached hydrogens (tertiary/aromatic N) is 1. The molecule has 1 aromatic rings. The summed E-state index contributed by atoms with van der Waals surface area (Å²) in [6, 6.07) is 3.65. The summed E-state index contributed by atoms with van der Waals surface area (Å²) in [5, 5.41) is 3.04. The Hall–Kier alpha value is -0.920. The fourth-order valence-electron chi connectivity index (χ4n) is 2.86. The van der Waals surface area contributed by atoms with Gasteiger partial charge in [0.2, 0.25) is 5.91 Å². The number of thiophene rings is 1. The number of rotatable bonds is 6. The van der Waals surface area contributed by atoms with Crippen LogP contribution in [0.25, 0.3) is 0 Å². The van der Waals surface area contributed by atoms with Crippen molar-refractivity contribution in [2.24, 2.45) is 5.92 Å². The smallest absolute Gasteiger partial charge is 0.252 e. The minimum Gasteiger partial charge on any atom is -0.353 e. The van der Waals surface area contributed by atoms with Gasteiger partial charge in [-0.15, -0.1) is 11.3 Å². The predicted molar refractivity (Wildman–Crippen MR) is 93.1 cm³/mol. The topological polar surface area (TPSA) is 66.5 Å². The Morgan fingerprint density at radius 1 is 1.39 bits per heavy atom. The lowest BCUT2D eigenvalue weighted by Crippen LogP contribution is -2.47. The molecule has 0 aliphatic carbocycles. The maximum atomic E-state index is 12.7. The molecule has 1 amide bonds. The van der Waals surface area contributed by atoms with Gasteiger partial charge < -0.3 is 5.32 Å². The van der Waals surface area contributed by atoms with Crippen LogP contribution in [-0.4, -0.2) is 37.8 Å². The summed E-state index contributed by atoms with van der Waals surface area (Å²) in [5.41, 5.74) is 0. The Morgan fingerprint density at radius 3 is 2.65 bits per heavy atom. The Morgan fingerprint density at radius 2 is 2.09 bits per heavy atom. The van der Waals surface area contributed by atoms with E-state index in [1.807, 2.05) is 26.8 Å². The number of hydrogen-bond donors (Lipinski definition) is 1. The zero-order chi connectivity index (χ0) is 17.0. The van der Waals surface area contributed by atoms with Crippen molar-refractivity contribution in [3.8, 4) is 0 Å². The van der Waals surface area contributed by atoms with E-state index in [9.17, 15) is 13.2 Å². The average molecular weight is 359 g/mol. The summed E-state index contributed by atoms with van der Waals surface area (Å²) in [5.74, 6) is -0.263. The molecule has 0 aromatic carbocycles. The van der Waals surface area contributed by atoms with Gasteiger partial charge in [-0.05, 0) is 44.7 Å². The molecule has 2 heterocycles. The van der Waals surface area contributed by atoms with Gasteiger partial charge in [-0.2, -0.15) is 4.31 Å². The highest BCUT2D eigenvalue weighted by Crippen LogP contribution is 2.28. The maximum absolute atomic E-state index is 12.7. The number of hydrogen-bond acceptors (Lipinski definition) is 4. The van der Waals surface area contributed by atoms with Gasteiger partial charge >= 0.3 is 0 Å². The molecule has 1 aromatic heterocycles. The fraction of sp³-hybridized carbons (Fsp3) is 0.688. The second kappa shape index (κ2) is 7.77. The highest BCUT2D eigenvalue weighted by molar-refractivity contribution is 7.91. The number of piperidine rings is 1. The lowest BCUT2D eigenvalue weighted by atomic mass is 9.98. The average Bonchev–Trinajstić information content (AvgIpc) is 2.99. The van der Waals surface area contributed by atoms with Gasteiger partial charge in [0, 0.05) is 24.0 Å². The molecule has 5 nitrogen and oxygen atoms in total. The van der Waals surface area contributed by atoms with E-state index in [4.69, 9.17) is 0 Å². The number of amides is 1. The molecule has 7 heteroatoms. The maximum Gasteiger partial charge on any atom is 0.252 e. The van der Waals surface area contributed by atoms with Crippen LogP contribution in [-0.2, 0) is 14.8 Å². The molecule has 0 radical (unpaired) electrons. The van der Waals surface area contributed by atoms with Crippen LogP contribution < -0.4 is 5.32 Å². The molecule has 130 valence electrons. The molecule has 1 N–H and O–H groups in total. The van der Waals surface area contributed by atoms with Crippen molar-refractivity contribution in [2.45, 2.75) is 56.7 Å². The van der Waals surface area contributed by atoms with Crippen LogP contribution in [0.15, 0.2) is 16.3 Å². The predicted octanol–water partition coefficient (Wildman–Crippen LogP) is 2.76. The summed E-state index contributed by atoms with van der Waals surface area (Å²) in [4.78, 5) is 13.4. The standard InChI is InChI=1S/C16H26N2O3S2/c1-4-14(5-2)17-16(19)13-7-6-10-18(11-13)23(20,21)15-9-8-12(3)22-15/h8-9,13-14H,4-7,10-11H2,1-3H3,(H,17,19). The van der Waals surface area contributed by atoms with E-state index < -0.39 is 10.0 Å². The van der Waals surface area contributed by atoms with Crippen molar-refractivity contribution in [3.63, 3.8) is 0 Å². The second-order valence-corrected chi connectivity index (χ2v) is 9.54. The molecule has 2 rings (SSSR count). The highest BCUT2D eigenvalue weighted by Gasteiger charge is 2.34. The van der Waals surface area contributed by atoms with Crippen LogP contribution in [0.5, 0.6) is 0 Å². The van der Waals surface area contributed by atoms with Crippen molar-refractivity contribution >= 4 is 27.3 Å². The normalized spacial score (nSPS) is 19.9. The van der Waals surface area contributed by atoms with Gasteiger partial charge in [0.25, 0.3) is 10.0 Å². The Bertz CT molecular complexity index is 636. The third-order valence-electron chi connectivity index (χ3n) is 4.40. The minimum atomic E-state index is -3.48. The second-order valence-electron chi connectivity index (χ2n) is 6.09. The Balaban J connectivity index is 2.07. The van der Waals surface area contributed by atoms with Crippen molar-refractivity contribution in [3.05, 3.63) is 17.0 Å². The van der Waals surface area contributed by atoms with Gasteiger partial charge in [-0.1, -0.05) is 13.8 Å². The molecule has 1 aliphatic rings. The number of carbonyl (C=O) groups excluding carboxylic acids is 1. The summed E-state index contributed by atoms with van der Waals surface area (Å²) in [6.07, 6.45) is 3.27. The quantitative estimate of drug-likeness (QED) is 0.850. The van der Waals surface area contributed by atoms with Crippen LogP contribution in [0.3, 0.4) is 0 Å². The number of sulfonamides is 1. The largest absolute Gasteiger partial charge is 0.353 e. The third kappa shape index (κ3) is 4.33. The van der Waals surface area contributed by atoms with Crippen molar-refractivity contribution < 1.29 is 13.2 Å². The van der Waals surface area contributed by atoms with E-state index >= 15 is 0 Å². The third-order valence-corrected chi connectivity index (χ3v) is 7.73. The first kappa shape index (κ1) is 18.4. The molecule has 23 heavy (non-hydrogen) atoms. The first-order chi connectivity index (χ1) is 10.9. The van der Waals surface area contributed by atoms with Gasteiger partial charge in [-0.3, -0.25) is 4.79 Å². The van der Waals surface area contributed by atoms with Gasteiger partial charge in [0.15, 0.2) is 0 Å². The molecule has 1 atom stereocenters. The van der Waals surface area contributed by atoms with Crippen molar-refractivity contribution in [1.82, 2.24) is 9.62 Å². The molecule has 0 saturated carbocycles. The Labute approximate surface area is 143 Å². The first-order valence-corrected chi connectivity index (χ1v) is 10.5. The Kier molecular flexibility index (Phi) is 6.22. The summed E-state index contributed by atoms with van der Waals surface area (Å²) in [7, 11) is -3.48. The lowest BCUT2D eigenvalue weighted by Gasteiger charge is -2.31. The molecular weight excluding hydrogens is 332 g/mol. The van der Waals surface area contributed by atoms with Crippen LogP contribution >= 0.6 is 11.3 Å². The van der Waals surface area contributed by atoms with E-state index in [0.717, 1.165) is 30.6 Å². The number of aryl methyl sites for hydroxylation is 1. The first-order valence-electron chi connectivity index (χ1n) is 8.25. The van der Waals surface area contributed by atoms with Crippen LogP contribution in [0.2, 0.25) is 0 Å². The monoisotopic (exact) mass is 358 g/mol. The zero-order valence-corrected chi connectivity index (χ0v) is 15.7. The number of carbonyl (C=O) groups is 1. The van der Waals surface area contributed by atoms with E-state index in [1.54, 1.807) is 6.07 Å². The van der Waals surface area contributed by atoms with Crippen LogP contribution in [0.1, 0.15) is 44.4 Å². The van der Waals surface area contributed by atoms with Crippen LogP contribution in [0, 0.1) is 12.8 Å². The summed E-state index contributed by atoms with van der Waals surface area (Å²) < 4.78 is 27.3. The highest BCUT2D eigenvalue weighted by atomic mass is 32.2. The number of nitrogens with one attached hydrogen (secondary N) is 1. The molecular formula is C16H26N2O3S2. The molecule has 0 spiro atoms. The van der Waals surface area contributed by atoms with E-state index in [0.29, 0.717) is 10.8 Å². The zero-order valence-electron chi connectivity index (χ0n) is 14.0. The van der Waals surface area contributed by atoms with E-state index in [1.165, 1.54) is 15.6 Å². The van der Waals surface area contributed by atoms with Crippen molar-refractivity contribution in [2.75, 3.05) is 13.1 Å². The van der Waals surface area contributed by atoms with Gasteiger partial charge in [-0.25, -0.2) is 8.42 Å². The molecule has 0 bridgehead atoms. The lowest BCUT2D eigenvalue weighted by molar-refractivity contribution is -0.126. The van der Waals surface area contributed by atoms with Gasteiger partial charge in [0.1, 0.15) is 4.21 Å². The fourth-order valence-corrected chi connectivity index (χ4v) is 5.83. The molecule has 1 saturated heterocycles. The SMILES string of the molecule is CCC(CC)NC(=O)C1CCCN(S(=O)(=O)c2ccc(C)s2)C1.